The first-order chi connectivity index (χ1) is 13.7. The minimum absolute atomic E-state index is 0.380. The number of carbonyl (C=O) groups excluding carboxylic acids is 1. The molecule has 0 unspecified atom stereocenters. The van der Waals surface area contributed by atoms with Crippen molar-refractivity contribution in [2.75, 3.05) is 11.4 Å². The van der Waals surface area contributed by atoms with Crippen LogP contribution in [0.3, 0.4) is 0 Å². The number of H-pyrrole nitrogens is 1. The average molecular weight is 395 g/mol. The van der Waals surface area contributed by atoms with E-state index in [1.165, 1.54) is 0 Å². The summed E-state index contributed by atoms with van der Waals surface area (Å²) in [5.74, 6) is 1.10. The summed E-state index contributed by atoms with van der Waals surface area (Å²) in [6.45, 7) is 10.5. The molecule has 2 aromatic heterocycles. The number of hydrogen-bond acceptors (Lipinski definition) is 4. The van der Waals surface area contributed by atoms with Crippen LogP contribution in [0, 0.1) is 5.92 Å². The summed E-state index contributed by atoms with van der Waals surface area (Å²) >= 11 is 0. The van der Waals surface area contributed by atoms with E-state index in [9.17, 15) is 4.79 Å². The molecule has 0 spiro atoms. The van der Waals surface area contributed by atoms with Crippen LogP contribution < -0.4 is 4.90 Å². The van der Waals surface area contributed by atoms with Crippen LogP contribution in [0.2, 0.25) is 0 Å². The normalized spacial score (nSPS) is 11.8. The maximum Gasteiger partial charge on any atom is 0.417 e. The maximum atomic E-state index is 12.8. The van der Waals surface area contributed by atoms with Crippen LogP contribution >= 0.6 is 0 Å². The van der Waals surface area contributed by atoms with E-state index in [4.69, 9.17) is 4.74 Å². The minimum Gasteiger partial charge on any atom is -0.443 e. The van der Waals surface area contributed by atoms with Crippen molar-refractivity contribution in [1.29, 1.82) is 0 Å². The van der Waals surface area contributed by atoms with Crippen LogP contribution in [0.5, 0.6) is 0 Å². The van der Waals surface area contributed by atoms with Gasteiger partial charge in [-0.2, -0.15) is 0 Å². The molecule has 3 rings (SSSR count). The van der Waals surface area contributed by atoms with E-state index in [0.717, 1.165) is 35.0 Å². The van der Waals surface area contributed by atoms with Gasteiger partial charge in [0, 0.05) is 18.9 Å². The summed E-state index contributed by atoms with van der Waals surface area (Å²) in [4.78, 5) is 26.5. The van der Waals surface area contributed by atoms with Gasteiger partial charge in [0.1, 0.15) is 5.60 Å². The molecule has 1 amide bonds. The Hall–Kier alpha value is -2.89. The molecule has 0 bridgehead atoms. The summed E-state index contributed by atoms with van der Waals surface area (Å²) in [6, 6.07) is 9.97. The largest absolute Gasteiger partial charge is 0.443 e. The Morgan fingerprint density at radius 2 is 1.86 bits per heavy atom. The van der Waals surface area contributed by atoms with Crippen LogP contribution in [0.25, 0.3) is 22.2 Å². The van der Waals surface area contributed by atoms with Gasteiger partial charge in [0.25, 0.3) is 0 Å². The molecule has 0 saturated carbocycles. The van der Waals surface area contributed by atoms with Crippen LogP contribution in [0.1, 0.15) is 47.5 Å². The molecule has 29 heavy (non-hydrogen) atoms. The number of anilines is 1. The Bertz CT molecular complexity index is 958. The zero-order valence-corrected chi connectivity index (χ0v) is 17.9. The number of pyridine rings is 1. The summed E-state index contributed by atoms with van der Waals surface area (Å²) < 4.78 is 5.62. The molecule has 6 nitrogen and oxygen atoms in total. The SMILES string of the molecule is CC(C)CCCN(C(=O)OC(C)(C)C)c1nc2ccc(-c3ccncc3)cc2[nH]1. The topological polar surface area (TPSA) is 71.1 Å². The number of nitrogens with zero attached hydrogens (tertiary/aromatic N) is 3. The molecule has 0 fully saturated rings. The van der Waals surface area contributed by atoms with Gasteiger partial charge in [-0.05, 0) is 74.9 Å². The van der Waals surface area contributed by atoms with E-state index >= 15 is 0 Å². The molecule has 0 aliphatic carbocycles. The van der Waals surface area contributed by atoms with Crippen molar-refractivity contribution in [2.45, 2.75) is 53.1 Å². The number of hydrogen-bond donors (Lipinski definition) is 1. The van der Waals surface area contributed by atoms with Crippen LogP contribution in [-0.2, 0) is 4.74 Å². The minimum atomic E-state index is -0.562. The zero-order valence-electron chi connectivity index (χ0n) is 17.9. The number of nitrogens with one attached hydrogen (secondary N) is 1. The highest BCUT2D eigenvalue weighted by Crippen LogP contribution is 2.26. The van der Waals surface area contributed by atoms with Gasteiger partial charge in [-0.1, -0.05) is 19.9 Å². The number of benzene rings is 1. The number of rotatable bonds is 6. The van der Waals surface area contributed by atoms with Crippen molar-refractivity contribution in [3.8, 4) is 11.1 Å². The van der Waals surface area contributed by atoms with Gasteiger partial charge >= 0.3 is 6.09 Å². The Morgan fingerprint density at radius 3 is 2.52 bits per heavy atom. The van der Waals surface area contributed by atoms with E-state index in [-0.39, 0.29) is 6.09 Å². The molecular weight excluding hydrogens is 364 g/mol. The first kappa shape index (κ1) is 20.8. The van der Waals surface area contributed by atoms with Crippen molar-refractivity contribution in [3.05, 3.63) is 42.7 Å². The molecule has 0 atom stereocenters. The van der Waals surface area contributed by atoms with Gasteiger partial charge in [-0.15, -0.1) is 0 Å². The van der Waals surface area contributed by atoms with Gasteiger partial charge < -0.3 is 9.72 Å². The summed E-state index contributed by atoms with van der Waals surface area (Å²) in [7, 11) is 0. The third-order valence-electron chi connectivity index (χ3n) is 4.52. The Labute approximate surface area is 172 Å². The predicted octanol–water partition coefficient (Wildman–Crippen LogP) is 5.80. The molecule has 2 heterocycles. The highest BCUT2D eigenvalue weighted by Gasteiger charge is 2.25. The molecule has 6 heteroatoms. The quantitative estimate of drug-likeness (QED) is 0.573. The van der Waals surface area contributed by atoms with E-state index in [1.807, 2.05) is 51.1 Å². The molecule has 154 valence electrons. The third kappa shape index (κ3) is 5.56. The zero-order chi connectivity index (χ0) is 21.0. The molecule has 3 aromatic rings. The highest BCUT2D eigenvalue weighted by molar-refractivity contribution is 5.90. The van der Waals surface area contributed by atoms with Gasteiger partial charge in [0.2, 0.25) is 5.95 Å². The molecular formula is C23H30N4O2. The maximum absolute atomic E-state index is 12.8. The van der Waals surface area contributed by atoms with Gasteiger partial charge in [-0.25, -0.2) is 14.7 Å². The second-order valence-corrected chi connectivity index (χ2v) is 8.70. The number of aromatic nitrogens is 3. The van der Waals surface area contributed by atoms with Gasteiger partial charge in [-0.3, -0.25) is 4.98 Å². The average Bonchev–Trinajstić information content (AvgIpc) is 3.07. The van der Waals surface area contributed by atoms with Crippen molar-refractivity contribution >= 4 is 23.1 Å². The number of ether oxygens (including phenoxy) is 1. The number of carbonyl (C=O) groups is 1. The lowest BCUT2D eigenvalue weighted by Gasteiger charge is -2.26. The first-order valence-electron chi connectivity index (χ1n) is 10.1. The molecule has 0 aliphatic heterocycles. The Balaban J connectivity index is 1.90. The van der Waals surface area contributed by atoms with Crippen LogP contribution in [0.15, 0.2) is 42.7 Å². The second kappa shape index (κ2) is 8.64. The van der Waals surface area contributed by atoms with Crippen molar-refractivity contribution < 1.29 is 9.53 Å². The molecule has 0 radical (unpaired) electrons. The second-order valence-electron chi connectivity index (χ2n) is 8.70. The first-order valence-corrected chi connectivity index (χ1v) is 10.1. The van der Waals surface area contributed by atoms with Crippen molar-refractivity contribution in [1.82, 2.24) is 15.0 Å². The third-order valence-corrected chi connectivity index (χ3v) is 4.52. The lowest BCUT2D eigenvalue weighted by atomic mass is 10.1. The van der Waals surface area contributed by atoms with Gasteiger partial charge in [0.05, 0.1) is 11.0 Å². The lowest BCUT2D eigenvalue weighted by Crippen LogP contribution is -2.38. The molecule has 1 aromatic carbocycles. The molecule has 0 aliphatic rings. The van der Waals surface area contributed by atoms with Crippen molar-refractivity contribution in [3.63, 3.8) is 0 Å². The van der Waals surface area contributed by atoms with E-state index in [2.05, 4.69) is 28.8 Å². The number of aromatic amines is 1. The van der Waals surface area contributed by atoms with Crippen LogP contribution in [-0.4, -0.2) is 33.2 Å². The monoisotopic (exact) mass is 394 g/mol. The van der Waals surface area contributed by atoms with E-state index in [1.54, 1.807) is 17.3 Å². The number of imidazole rings is 1. The van der Waals surface area contributed by atoms with Crippen LogP contribution in [0.4, 0.5) is 10.7 Å². The van der Waals surface area contributed by atoms with Gasteiger partial charge in [0.15, 0.2) is 0 Å². The highest BCUT2D eigenvalue weighted by atomic mass is 16.6. The Morgan fingerprint density at radius 1 is 1.14 bits per heavy atom. The predicted molar refractivity (Wildman–Crippen MR) is 117 cm³/mol. The summed E-state index contributed by atoms with van der Waals surface area (Å²) in [6.07, 6.45) is 5.09. The molecule has 0 saturated heterocycles. The summed E-state index contributed by atoms with van der Waals surface area (Å²) in [5.41, 5.74) is 3.29. The number of fused-ring (bicyclic) bond motifs is 1. The fourth-order valence-corrected chi connectivity index (χ4v) is 3.11. The smallest absolute Gasteiger partial charge is 0.417 e. The van der Waals surface area contributed by atoms with E-state index in [0.29, 0.717) is 18.4 Å². The Kier molecular flexibility index (Phi) is 6.20. The fraction of sp³-hybridized carbons (Fsp3) is 0.435. The lowest BCUT2D eigenvalue weighted by molar-refractivity contribution is 0.0577. The van der Waals surface area contributed by atoms with E-state index < -0.39 is 5.60 Å². The van der Waals surface area contributed by atoms with Crippen molar-refractivity contribution in [2.24, 2.45) is 5.92 Å². The molecule has 1 N–H and O–H groups in total. The fourth-order valence-electron chi connectivity index (χ4n) is 3.11. The summed E-state index contributed by atoms with van der Waals surface area (Å²) in [5, 5.41) is 0. The number of amides is 1. The standard InChI is InChI=1S/C23H30N4O2/c1-16(2)7-6-14-27(22(28)29-23(3,4)5)21-25-19-9-8-18(15-20(19)26-21)17-10-12-24-13-11-17/h8-13,15-16H,6-7,14H2,1-5H3,(H,25,26).